The molecule has 0 saturated heterocycles. The summed E-state index contributed by atoms with van der Waals surface area (Å²) in [5.74, 6) is -0.152. The van der Waals surface area contributed by atoms with Gasteiger partial charge in [-0.15, -0.1) is 0 Å². The molecule has 0 atom stereocenters. The van der Waals surface area contributed by atoms with Gasteiger partial charge in [0.25, 0.3) is 5.95 Å². The number of rotatable bonds is 5. The molecule has 2 rings (SSSR count). The van der Waals surface area contributed by atoms with Gasteiger partial charge in [0.2, 0.25) is 0 Å². The Labute approximate surface area is 123 Å². The predicted molar refractivity (Wildman–Crippen MR) is 75.8 cm³/mol. The van der Waals surface area contributed by atoms with Crippen LogP contribution in [0, 0.1) is 0 Å². The second-order valence-electron chi connectivity index (χ2n) is 3.75. The van der Waals surface area contributed by atoms with Crippen molar-refractivity contribution in [2.24, 2.45) is 4.99 Å². The topological polar surface area (TPSA) is 82.3 Å². The van der Waals surface area contributed by atoms with Gasteiger partial charge in [0.1, 0.15) is 6.54 Å². The van der Waals surface area contributed by atoms with E-state index in [1.165, 1.54) is 4.68 Å². The Balaban J connectivity index is 2.08. The van der Waals surface area contributed by atoms with Crippen molar-refractivity contribution in [1.82, 2.24) is 20.2 Å². The van der Waals surface area contributed by atoms with E-state index in [9.17, 15) is 4.79 Å². The minimum absolute atomic E-state index is 0.0617. The van der Waals surface area contributed by atoms with Gasteiger partial charge in [-0.2, -0.15) is 4.68 Å². The molecular formula is C12H12BrN5O2. The number of carbonyl (C=O) groups excluding carboxylic acids is 1. The molecule has 0 bridgehead atoms. The van der Waals surface area contributed by atoms with E-state index < -0.39 is 5.97 Å². The van der Waals surface area contributed by atoms with Crippen LogP contribution in [0.15, 0.2) is 33.7 Å². The molecule has 0 fully saturated rings. The first kappa shape index (κ1) is 14.3. The second kappa shape index (κ2) is 6.90. The average molecular weight is 338 g/mol. The van der Waals surface area contributed by atoms with Crippen molar-refractivity contribution in [1.29, 1.82) is 0 Å². The number of carbonyl (C=O) groups is 1. The van der Waals surface area contributed by atoms with Crippen molar-refractivity contribution >= 4 is 34.1 Å². The fourth-order valence-corrected chi connectivity index (χ4v) is 1.67. The van der Waals surface area contributed by atoms with Gasteiger partial charge in [-0.1, -0.05) is 33.2 Å². The zero-order chi connectivity index (χ0) is 14.4. The number of esters is 1. The summed E-state index contributed by atoms with van der Waals surface area (Å²) in [7, 11) is 0. The summed E-state index contributed by atoms with van der Waals surface area (Å²) in [6.07, 6.45) is 1.62. The maximum absolute atomic E-state index is 11.4. The van der Waals surface area contributed by atoms with Crippen LogP contribution in [0.1, 0.15) is 12.5 Å². The largest absolute Gasteiger partial charge is 0.465 e. The number of ether oxygens (including phenoxy) is 1. The lowest BCUT2D eigenvalue weighted by molar-refractivity contribution is -0.144. The fourth-order valence-electron chi connectivity index (χ4n) is 1.40. The van der Waals surface area contributed by atoms with Crippen molar-refractivity contribution in [2.45, 2.75) is 13.5 Å². The van der Waals surface area contributed by atoms with Crippen LogP contribution in [0.4, 0.5) is 5.95 Å². The highest BCUT2D eigenvalue weighted by molar-refractivity contribution is 9.10. The minimum Gasteiger partial charge on any atom is -0.465 e. The summed E-state index contributed by atoms with van der Waals surface area (Å²) in [5, 5.41) is 10.9. The first-order valence-electron chi connectivity index (χ1n) is 5.90. The molecule has 2 aromatic rings. The molecule has 0 aliphatic carbocycles. The van der Waals surface area contributed by atoms with Crippen molar-refractivity contribution in [3.63, 3.8) is 0 Å². The maximum atomic E-state index is 11.4. The molecule has 0 aliphatic rings. The van der Waals surface area contributed by atoms with E-state index in [0.29, 0.717) is 6.61 Å². The predicted octanol–water partition coefficient (Wildman–Crippen LogP) is 1.75. The average Bonchev–Trinajstić information content (AvgIpc) is 2.86. The van der Waals surface area contributed by atoms with Gasteiger partial charge in [-0.25, -0.2) is 4.99 Å². The van der Waals surface area contributed by atoms with Crippen LogP contribution < -0.4 is 0 Å². The van der Waals surface area contributed by atoms with Gasteiger partial charge < -0.3 is 4.74 Å². The van der Waals surface area contributed by atoms with Crippen LogP contribution in [0.25, 0.3) is 0 Å². The molecular weight excluding hydrogens is 326 g/mol. The van der Waals surface area contributed by atoms with Crippen molar-refractivity contribution < 1.29 is 9.53 Å². The molecule has 1 aromatic carbocycles. The standard InChI is InChI=1S/C12H12BrN5O2/c1-2-20-11(19)8-18-12(15-16-17-18)14-7-9-3-5-10(13)6-4-9/h3-7H,2,8H2,1H3. The molecule has 0 N–H and O–H groups in total. The Morgan fingerprint density at radius 3 is 2.90 bits per heavy atom. The molecule has 0 unspecified atom stereocenters. The third-order valence-corrected chi connectivity index (χ3v) is 2.82. The van der Waals surface area contributed by atoms with Gasteiger partial charge >= 0.3 is 5.97 Å². The molecule has 7 nitrogen and oxygen atoms in total. The summed E-state index contributed by atoms with van der Waals surface area (Å²) in [6.45, 7) is 2.00. The second-order valence-corrected chi connectivity index (χ2v) is 4.67. The van der Waals surface area contributed by atoms with Crippen LogP contribution in [0.5, 0.6) is 0 Å². The Morgan fingerprint density at radius 1 is 1.45 bits per heavy atom. The zero-order valence-electron chi connectivity index (χ0n) is 10.7. The summed E-state index contributed by atoms with van der Waals surface area (Å²) in [5.41, 5.74) is 0.902. The fraction of sp³-hybridized carbons (Fsp3) is 0.250. The quantitative estimate of drug-likeness (QED) is 0.613. The number of benzene rings is 1. The van der Waals surface area contributed by atoms with Crippen LogP contribution >= 0.6 is 15.9 Å². The third kappa shape index (κ3) is 3.95. The normalized spacial score (nSPS) is 10.9. The monoisotopic (exact) mass is 337 g/mol. The van der Waals surface area contributed by atoms with E-state index in [1.807, 2.05) is 24.3 Å². The molecule has 104 valence electrons. The summed E-state index contributed by atoms with van der Waals surface area (Å²) in [6, 6.07) is 7.60. The zero-order valence-corrected chi connectivity index (χ0v) is 12.3. The van der Waals surface area contributed by atoms with E-state index in [0.717, 1.165) is 10.0 Å². The highest BCUT2D eigenvalue weighted by atomic mass is 79.9. The van der Waals surface area contributed by atoms with E-state index in [4.69, 9.17) is 4.74 Å². The van der Waals surface area contributed by atoms with Gasteiger partial charge in [-0.3, -0.25) is 4.79 Å². The molecule has 0 radical (unpaired) electrons. The van der Waals surface area contributed by atoms with Crippen molar-refractivity contribution in [3.8, 4) is 0 Å². The molecule has 0 aliphatic heterocycles. The van der Waals surface area contributed by atoms with Gasteiger partial charge in [0.15, 0.2) is 0 Å². The van der Waals surface area contributed by atoms with Crippen molar-refractivity contribution in [3.05, 3.63) is 34.3 Å². The SMILES string of the molecule is CCOC(=O)Cn1nnnc1N=Cc1ccc(Br)cc1. The first-order chi connectivity index (χ1) is 9.69. The Hall–Kier alpha value is -2.09. The van der Waals surface area contributed by atoms with Crippen LogP contribution in [0.3, 0.4) is 0 Å². The smallest absolute Gasteiger partial charge is 0.327 e. The van der Waals surface area contributed by atoms with E-state index >= 15 is 0 Å². The number of tetrazole rings is 1. The van der Waals surface area contributed by atoms with Gasteiger partial charge in [0, 0.05) is 10.7 Å². The highest BCUT2D eigenvalue weighted by Crippen LogP contribution is 2.10. The number of aliphatic imine (C=N–C) groups is 1. The summed E-state index contributed by atoms with van der Waals surface area (Å²) in [4.78, 5) is 15.5. The van der Waals surface area contributed by atoms with Crippen LogP contribution in [-0.4, -0.2) is 39.0 Å². The van der Waals surface area contributed by atoms with E-state index in [-0.39, 0.29) is 12.5 Å². The van der Waals surface area contributed by atoms with Crippen LogP contribution in [0.2, 0.25) is 0 Å². The number of halogens is 1. The molecule has 8 heteroatoms. The molecule has 0 saturated carbocycles. The van der Waals surface area contributed by atoms with Gasteiger partial charge in [0.05, 0.1) is 6.61 Å². The summed E-state index contributed by atoms with van der Waals surface area (Å²) < 4.78 is 7.11. The number of hydrogen-bond donors (Lipinski definition) is 0. The lowest BCUT2D eigenvalue weighted by atomic mass is 10.2. The molecule has 20 heavy (non-hydrogen) atoms. The molecule has 0 amide bonds. The first-order valence-corrected chi connectivity index (χ1v) is 6.69. The van der Waals surface area contributed by atoms with Gasteiger partial charge in [-0.05, 0) is 35.0 Å². The maximum Gasteiger partial charge on any atom is 0.327 e. The lowest BCUT2D eigenvalue weighted by Gasteiger charge is -2.01. The Bertz CT molecular complexity index is 609. The minimum atomic E-state index is -0.403. The number of aromatic nitrogens is 4. The van der Waals surface area contributed by atoms with Crippen LogP contribution in [-0.2, 0) is 16.1 Å². The van der Waals surface area contributed by atoms with Crippen molar-refractivity contribution in [2.75, 3.05) is 6.61 Å². The third-order valence-electron chi connectivity index (χ3n) is 2.30. The number of hydrogen-bond acceptors (Lipinski definition) is 6. The van der Waals surface area contributed by atoms with E-state index in [1.54, 1.807) is 13.1 Å². The Morgan fingerprint density at radius 2 is 2.20 bits per heavy atom. The van der Waals surface area contributed by atoms with E-state index in [2.05, 4.69) is 36.4 Å². The highest BCUT2D eigenvalue weighted by Gasteiger charge is 2.09. The lowest BCUT2D eigenvalue weighted by Crippen LogP contribution is -2.14. The molecule has 1 heterocycles. The Kier molecular flexibility index (Phi) is 4.94. The molecule has 1 aromatic heterocycles. The summed E-state index contributed by atoms with van der Waals surface area (Å²) >= 11 is 3.36. The molecule has 0 spiro atoms. The number of nitrogens with zero attached hydrogens (tertiary/aromatic N) is 5.